The minimum atomic E-state index is -0.0444. The zero-order chi connectivity index (χ0) is 14.8. The molecule has 0 saturated carbocycles. The monoisotopic (exact) mass is 277 g/mol. The second kappa shape index (κ2) is 9.34. The molecule has 1 heterocycles. The third-order valence-corrected chi connectivity index (χ3v) is 3.26. The van der Waals surface area contributed by atoms with E-state index in [2.05, 4.69) is 29.5 Å². The molecule has 0 aromatic carbocycles. The van der Waals surface area contributed by atoms with Crippen molar-refractivity contribution in [2.45, 2.75) is 58.9 Å². The maximum absolute atomic E-state index is 12.2. The standard InChI is InChI=1S/C16H27N3O/c1-4-6-7-8-10-13(3)19-16(20)14-11-9-12-18-15(14)17-5-2/h9,11-13H,4-8,10H2,1-3H3,(H,17,18)(H,19,20). The van der Waals surface area contributed by atoms with E-state index in [1.54, 1.807) is 12.3 Å². The fraction of sp³-hybridized carbons (Fsp3) is 0.625. The van der Waals surface area contributed by atoms with Crippen LogP contribution in [-0.4, -0.2) is 23.5 Å². The summed E-state index contributed by atoms with van der Waals surface area (Å²) in [7, 11) is 0. The van der Waals surface area contributed by atoms with Crippen molar-refractivity contribution in [3.63, 3.8) is 0 Å². The minimum absolute atomic E-state index is 0.0444. The molecule has 0 aliphatic carbocycles. The van der Waals surface area contributed by atoms with Crippen LogP contribution in [0.4, 0.5) is 5.82 Å². The number of hydrogen-bond donors (Lipinski definition) is 2. The average Bonchev–Trinajstić information content (AvgIpc) is 2.44. The number of nitrogens with zero attached hydrogens (tertiary/aromatic N) is 1. The van der Waals surface area contributed by atoms with Gasteiger partial charge in [0, 0.05) is 18.8 Å². The smallest absolute Gasteiger partial charge is 0.255 e. The average molecular weight is 277 g/mol. The van der Waals surface area contributed by atoms with Gasteiger partial charge in [-0.15, -0.1) is 0 Å². The number of amides is 1. The summed E-state index contributed by atoms with van der Waals surface area (Å²) >= 11 is 0. The van der Waals surface area contributed by atoms with Gasteiger partial charge in [0.25, 0.3) is 5.91 Å². The Hall–Kier alpha value is -1.58. The number of unbranched alkanes of at least 4 members (excludes halogenated alkanes) is 3. The number of nitrogens with one attached hydrogen (secondary N) is 2. The van der Waals surface area contributed by atoms with E-state index in [4.69, 9.17) is 0 Å². The van der Waals surface area contributed by atoms with Crippen LogP contribution in [-0.2, 0) is 0 Å². The molecule has 4 heteroatoms. The molecule has 1 aromatic rings. The molecule has 1 rings (SSSR count). The molecule has 0 aliphatic rings. The molecule has 2 N–H and O–H groups in total. The fourth-order valence-corrected chi connectivity index (χ4v) is 2.15. The van der Waals surface area contributed by atoms with Gasteiger partial charge in [-0.3, -0.25) is 4.79 Å². The third kappa shape index (κ3) is 5.59. The van der Waals surface area contributed by atoms with Gasteiger partial charge in [-0.1, -0.05) is 32.6 Å². The van der Waals surface area contributed by atoms with E-state index in [1.807, 2.05) is 13.0 Å². The second-order valence-corrected chi connectivity index (χ2v) is 5.15. The molecular formula is C16H27N3O. The lowest BCUT2D eigenvalue weighted by Gasteiger charge is -2.15. The molecule has 0 bridgehead atoms. The van der Waals surface area contributed by atoms with Crippen LogP contribution >= 0.6 is 0 Å². The lowest BCUT2D eigenvalue weighted by Crippen LogP contribution is -2.33. The molecule has 0 fully saturated rings. The van der Waals surface area contributed by atoms with E-state index in [0.717, 1.165) is 13.0 Å². The number of anilines is 1. The highest BCUT2D eigenvalue weighted by atomic mass is 16.1. The van der Waals surface area contributed by atoms with Gasteiger partial charge in [-0.05, 0) is 32.4 Å². The lowest BCUT2D eigenvalue weighted by molar-refractivity contribution is 0.0938. The summed E-state index contributed by atoms with van der Waals surface area (Å²) in [5.41, 5.74) is 0.620. The number of carbonyl (C=O) groups excluding carboxylic acids is 1. The first kappa shape index (κ1) is 16.5. The first-order chi connectivity index (χ1) is 9.69. The summed E-state index contributed by atoms with van der Waals surface area (Å²) in [6, 6.07) is 3.81. The Kier molecular flexibility index (Phi) is 7.70. The maximum Gasteiger partial charge on any atom is 0.255 e. The summed E-state index contributed by atoms with van der Waals surface area (Å²) in [4.78, 5) is 16.5. The Morgan fingerprint density at radius 3 is 2.80 bits per heavy atom. The van der Waals surface area contributed by atoms with E-state index in [1.165, 1.54) is 25.7 Å². The van der Waals surface area contributed by atoms with E-state index in [0.29, 0.717) is 11.4 Å². The molecule has 1 atom stereocenters. The number of aromatic nitrogens is 1. The van der Waals surface area contributed by atoms with Crippen molar-refractivity contribution in [3.8, 4) is 0 Å². The SMILES string of the molecule is CCCCCCC(C)NC(=O)c1cccnc1NCC. The number of pyridine rings is 1. The number of carbonyl (C=O) groups is 1. The highest BCUT2D eigenvalue weighted by Crippen LogP contribution is 2.12. The summed E-state index contributed by atoms with van der Waals surface area (Å²) in [5.74, 6) is 0.614. The van der Waals surface area contributed by atoms with Gasteiger partial charge in [0.15, 0.2) is 0 Å². The molecule has 4 nitrogen and oxygen atoms in total. The summed E-state index contributed by atoms with van der Waals surface area (Å²) in [6.45, 7) is 7.01. The van der Waals surface area contributed by atoms with Crippen LogP contribution in [0.3, 0.4) is 0 Å². The van der Waals surface area contributed by atoms with Crippen molar-refractivity contribution in [3.05, 3.63) is 23.9 Å². The zero-order valence-corrected chi connectivity index (χ0v) is 12.9. The molecule has 0 aliphatic heterocycles. The van der Waals surface area contributed by atoms with Crippen LogP contribution in [0.5, 0.6) is 0 Å². The molecule has 0 spiro atoms. The van der Waals surface area contributed by atoms with E-state index in [9.17, 15) is 4.79 Å². The molecule has 0 saturated heterocycles. The van der Waals surface area contributed by atoms with Crippen LogP contribution < -0.4 is 10.6 Å². The molecule has 1 amide bonds. The molecule has 1 unspecified atom stereocenters. The summed E-state index contributed by atoms with van der Waals surface area (Å²) < 4.78 is 0. The Bertz CT molecular complexity index is 406. The molecule has 20 heavy (non-hydrogen) atoms. The van der Waals surface area contributed by atoms with Crippen molar-refractivity contribution in [2.75, 3.05) is 11.9 Å². The first-order valence-corrected chi connectivity index (χ1v) is 7.68. The van der Waals surface area contributed by atoms with Crippen LogP contribution in [0.25, 0.3) is 0 Å². The molecule has 0 radical (unpaired) electrons. The van der Waals surface area contributed by atoms with Crippen molar-refractivity contribution < 1.29 is 4.79 Å². The first-order valence-electron chi connectivity index (χ1n) is 7.68. The quantitative estimate of drug-likeness (QED) is 0.678. The van der Waals surface area contributed by atoms with Gasteiger partial charge in [-0.2, -0.15) is 0 Å². The van der Waals surface area contributed by atoms with Crippen LogP contribution in [0.2, 0.25) is 0 Å². The molecule has 112 valence electrons. The van der Waals surface area contributed by atoms with Gasteiger partial charge in [-0.25, -0.2) is 4.98 Å². The number of hydrogen-bond acceptors (Lipinski definition) is 3. The Labute approximate surface area is 122 Å². The highest BCUT2D eigenvalue weighted by Gasteiger charge is 2.13. The normalized spacial score (nSPS) is 11.9. The van der Waals surface area contributed by atoms with Crippen molar-refractivity contribution in [1.82, 2.24) is 10.3 Å². The zero-order valence-electron chi connectivity index (χ0n) is 12.9. The van der Waals surface area contributed by atoms with Crippen LogP contribution in [0.15, 0.2) is 18.3 Å². The molecule has 1 aromatic heterocycles. The van der Waals surface area contributed by atoms with Gasteiger partial charge in [0.05, 0.1) is 5.56 Å². The van der Waals surface area contributed by atoms with Gasteiger partial charge >= 0.3 is 0 Å². The predicted octanol–water partition coefficient (Wildman–Crippen LogP) is 3.60. The van der Waals surface area contributed by atoms with E-state index in [-0.39, 0.29) is 11.9 Å². The van der Waals surface area contributed by atoms with Gasteiger partial charge in [0.2, 0.25) is 0 Å². The Morgan fingerprint density at radius 2 is 2.10 bits per heavy atom. The summed E-state index contributed by atoms with van der Waals surface area (Å²) in [5, 5.41) is 6.17. The number of rotatable bonds is 9. The molecular weight excluding hydrogens is 250 g/mol. The predicted molar refractivity (Wildman–Crippen MR) is 84.1 cm³/mol. The third-order valence-electron chi connectivity index (χ3n) is 3.26. The fourth-order valence-electron chi connectivity index (χ4n) is 2.15. The van der Waals surface area contributed by atoms with Gasteiger partial charge < -0.3 is 10.6 Å². The second-order valence-electron chi connectivity index (χ2n) is 5.15. The highest BCUT2D eigenvalue weighted by molar-refractivity contribution is 5.98. The minimum Gasteiger partial charge on any atom is -0.370 e. The Morgan fingerprint density at radius 1 is 1.30 bits per heavy atom. The topological polar surface area (TPSA) is 54.0 Å². The van der Waals surface area contributed by atoms with E-state index < -0.39 is 0 Å². The lowest BCUT2D eigenvalue weighted by atomic mass is 10.1. The van der Waals surface area contributed by atoms with Gasteiger partial charge in [0.1, 0.15) is 5.82 Å². The summed E-state index contributed by atoms with van der Waals surface area (Å²) in [6.07, 6.45) is 7.65. The maximum atomic E-state index is 12.2. The largest absolute Gasteiger partial charge is 0.370 e. The van der Waals surface area contributed by atoms with Crippen molar-refractivity contribution in [1.29, 1.82) is 0 Å². The van der Waals surface area contributed by atoms with Crippen molar-refractivity contribution in [2.24, 2.45) is 0 Å². The van der Waals surface area contributed by atoms with Crippen LogP contribution in [0.1, 0.15) is 63.2 Å². The van der Waals surface area contributed by atoms with Crippen LogP contribution in [0, 0.1) is 0 Å². The van der Waals surface area contributed by atoms with E-state index >= 15 is 0 Å². The van der Waals surface area contributed by atoms with Crippen molar-refractivity contribution >= 4 is 11.7 Å². The Balaban J connectivity index is 2.49.